The van der Waals surface area contributed by atoms with Crippen molar-refractivity contribution in [2.24, 2.45) is 5.92 Å². The van der Waals surface area contributed by atoms with E-state index < -0.39 is 0 Å². The van der Waals surface area contributed by atoms with Gasteiger partial charge in [0, 0.05) is 79.7 Å². The Balaban J connectivity index is 1.31. The molecule has 2 fully saturated rings. The van der Waals surface area contributed by atoms with Gasteiger partial charge in [-0.15, -0.1) is 0 Å². The number of aryl methyl sites for hydroxylation is 2. The molecule has 3 aromatic rings. The molecule has 2 aliphatic heterocycles. The van der Waals surface area contributed by atoms with Crippen molar-refractivity contribution in [3.05, 3.63) is 68.8 Å². The summed E-state index contributed by atoms with van der Waals surface area (Å²) in [6.07, 6.45) is 1.77. The lowest BCUT2D eigenvalue weighted by molar-refractivity contribution is -0.112. The molecular formula is C30H40N6O4. The molecule has 214 valence electrons. The van der Waals surface area contributed by atoms with Crippen molar-refractivity contribution in [1.29, 1.82) is 0 Å². The van der Waals surface area contributed by atoms with E-state index in [2.05, 4.69) is 27.9 Å². The number of amides is 3. The van der Waals surface area contributed by atoms with Crippen molar-refractivity contribution in [3.63, 3.8) is 0 Å². The van der Waals surface area contributed by atoms with Gasteiger partial charge >= 0.3 is 6.03 Å². The van der Waals surface area contributed by atoms with E-state index in [0.29, 0.717) is 56.3 Å². The molecule has 4 heterocycles. The Morgan fingerprint density at radius 3 is 2.35 bits per heavy atom. The molecule has 0 saturated carbocycles. The average molecular weight is 549 g/mol. The van der Waals surface area contributed by atoms with Crippen LogP contribution in [0.3, 0.4) is 0 Å². The number of piperidine rings is 1. The number of piperazine rings is 1. The SMILES string of the molecule is Cc1cc(C)c(CNC(=O)c2c(C)n([C@H](C)C3CCN(C(=O)N4CCN(O)CC4)CC3)c3ccccc23)c(=O)[nH]1. The predicted molar refractivity (Wildman–Crippen MR) is 154 cm³/mol. The molecule has 2 aromatic heterocycles. The number of aromatic nitrogens is 2. The van der Waals surface area contributed by atoms with Crippen molar-refractivity contribution in [2.45, 2.75) is 53.1 Å². The van der Waals surface area contributed by atoms with Gasteiger partial charge in [0.25, 0.3) is 11.5 Å². The Bertz CT molecular complexity index is 1460. The number of H-pyrrole nitrogens is 1. The van der Waals surface area contributed by atoms with Gasteiger partial charge in [-0.3, -0.25) is 9.59 Å². The van der Waals surface area contributed by atoms with Crippen LogP contribution >= 0.6 is 0 Å². The van der Waals surface area contributed by atoms with E-state index >= 15 is 0 Å². The van der Waals surface area contributed by atoms with E-state index in [1.807, 2.05) is 54.8 Å². The van der Waals surface area contributed by atoms with Crippen molar-refractivity contribution < 1.29 is 14.8 Å². The fourth-order valence-electron chi connectivity index (χ4n) is 6.43. The van der Waals surface area contributed by atoms with Gasteiger partial charge in [-0.2, -0.15) is 5.06 Å². The number of benzene rings is 1. The number of pyridine rings is 1. The van der Waals surface area contributed by atoms with Crippen molar-refractivity contribution in [1.82, 2.24) is 29.7 Å². The lowest BCUT2D eigenvalue weighted by atomic mass is 9.90. The molecule has 3 amide bonds. The van der Waals surface area contributed by atoms with E-state index in [9.17, 15) is 19.6 Å². The molecule has 0 aliphatic carbocycles. The van der Waals surface area contributed by atoms with Gasteiger partial charge in [-0.05, 0) is 64.2 Å². The van der Waals surface area contributed by atoms with Gasteiger partial charge in [0.1, 0.15) is 0 Å². The Morgan fingerprint density at radius 1 is 1.02 bits per heavy atom. The molecule has 10 heteroatoms. The molecular weight excluding hydrogens is 508 g/mol. The number of fused-ring (bicyclic) bond motifs is 1. The maximum Gasteiger partial charge on any atom is 0.320 e. The molecule has 2 aliphatic rings. The summed E-state index contributed by atoms with van der Waals surface area (Å²) in [7, 11) is 0. The minimum atomic E-state index is -0.192. The number of carbonyl (C=O) groups excluding carboxylic acids is 2. The van der Waals surface area contributed by atoms with Crippen LogP contribution in [0.15, 0.2) is 35.1 Å². The second-order valence-electron chi connectivity index (χ2n) is 11.3. The molecule has 5 rings (SSSR count). The zero-order valence-electron chi connectivity index (χ0n) is 23.9. The van der Waals surface area contributed by atoms with E-state index in [0.717, 1.165) is 40.7 Å². The summed E-state index contributed by atoms with van der Waals surface area (Å²) in [5, 5.41) is 14.8. The summed E-state index contributed by atoms with van der Waals surface area (Å²) in [6.45, 7) is 11.5. The molecule has 10 nitrogen and oxygen atoms in total. The maximum absolute atomic E-state index is 13.5. The zero-order valence-corrected chi connectivity index (χ0v) is 23.9. The fraction of sp³-hybridized carbons (Fsp3) is 0.500. The second kappa shape index (κ2) is 11.5. The number of urea groups is 1. The van der Waals surface area contributed by atoms with Crippen LogP contribution in [-0.2, 0) is 6.54 Å². The van der Waals surface area contributed by atoms with E-state index in [4.69, 9.17) is 0 Å². The monoisotopic (exact) mass is 548 g/mol. The highest BCUT2D eigenvalue weighted by Crippen LogP contribution is 2.36. The first-order chi connectivity index (χ1) is 19.2. The molecule has 1 aromatic carbocycles. The number of likely N-dealkylation sites (tertiary alicyclic amines) is 1. The Kier molecular flexibility index (Phi) is 8.00. The number of nitrogens with zero attached hydrogens (tertiary/aromatic N) is 4. The van der Waals surface area contributed by atoms with Crippen LogP contribution in [0, 0.1) is 26.7 Å². The Hall–Kier alpha value is -3.63. The summed E-state index contributed by atoms with van der Waals surface area (Å²) >= 11 is 0. The third-order valence-electron chi connectivity index (χ3n) is 8.73. The van der Waals surface area contributed by atoms with E-state index in [1.165, 1.54) is 5.06 Å². The molecule has 1 atom stereocenters. The molecule has 0 bridgehead atoms. The molecule has 40 heavy (non-hydrogen) atoms. The van der Waals surface area contributed by atoms with Gasteiger partial charge < -0.3 is 29.9 Å². The largest absolute Gasteiger partial charge is 0.348 e. The number of rotatable bonds is 5. The van der Waals surface area contributed by atoms with Crippen LogP contribution in [0.5, 0.6) is 0 Å². The smallest absolute Gasteiger partial charge is 0.320 e. The quantitative estimate of drug-likeness (QED) is 0.451. The Labute approximate surface area is 234 Å². The minimum absolute atomic E-state index is 0.0587. The molecule has 0 unspecified atom stereocenters. The first kappa shape index (κ1) is 27.9. The normalized spacial score (nSPS) is 17.8. The highest BCUT2D eigenvalue weighted by Gasteiger charge is 2.32. The number of aromatic amines is 1. The van der Waals surface area contributed by atoms with Crippen LogP contribution < -0.4 is 10.9 Å². The summed E-state index contributed by atoms with van der Waals surface area (Å²) in [4.78, 5) is 45.6. The van der Waals surface area contributed by atoms with Crippen LogP contribution in [-0.4, -0.2) is 80.8 Å². The number of nitrogens with one attached hydrogen (secondary N) is 2. The van der Waals surface area contributed by atoms with Gasteiger partial charge in [0.05, 0.1) is 5.56 Å². The first-order valence-corrected chi connectivity index (χ1v) is 14.2. The molecule has 0 spiro atoms. The number of carbonyl (C=O) groups is 2. The molecule has 3 N–H and O–H groups in total. The maximum atomic E-state index is 13.5. The number of hydroxylamine groups is 2. The lowest BCUT2D eigenvalue weighted by Gasteiger charge is -2.40. The number of hydrogen-bond donors (Lipinski definition) is 3. The third kappa shape index (κ3) is 5.38. The predicted octanol–water partition coefficient (Wildman–Crippen LogP) is 3.58. The zero-order chi connectivity index (χ0) is 28.6. The van der Waals surface area contributed by atoms with Crippen molar-refractivity contribution >= 4 is 22.8 Å². The Morgan fingerprint density at radius 2 is 1.68 bits per heavy atom. The van der Waals surface area contributed by atoms with E-state index in [1.54, 1.807) is 0 Å². The second-order valence-corrected chi connectivity index (χ2v) is 11.3. The standard InChI is InChI=1S/C30H40N6O4/c1-19-17-20(2)32-28(37)25(19)18-31-29(38)27-22(4)36(26-8-6-5-7-24(26)27)21(3)23-9-11-33(12-10-23)30(39)34-13-15-35(40)16-14-34/h5-8,17,21,23,40H,9-16,18H2,1-4H3,(H,31,38)(H,32,37)/t21-/m1/s1. The highest BCUT2D eigenvalue weighted by atomic mass is 16.5. The third-order valence-corrected chi connectivity index (χ3v) is 8.73. The summed E-state index contributed by atoms with van der Waals surface area (Å²) in [5.74, 6) is 0.167. The average Bonchev–Trinajstić information content (AvgIpc) is 3.23. The van der Waals surface area contributed by atoms with Crippen LogP contribution in [0.1, 0.15) is 58.7 Å². The lowest BCUT2D eigenvalue weighted by Crippen LogP contribution is -2.53. The molecule has 0 radical (unpaired) electrons. The first-order valence-electron chi connectivity index (χ1n) is 14.2. The van der Waals surface area contributed by atoms with Gasteiger partial charge in [-0.1, -0.05) is 18.2 Å². The minimum Gasteiger partial charge on any atom is -0.348 e. The highest BCUT2D eigenvalue weighted by molar-refractivity contribution is 6.08. The summed E-state index contributed by atoms with van der Waals surface area (Å²) < 4.78 is 2.27. The fourth-order valence-corrected chi connectivity index (χ4v) is 6.43. The van der Waals surface area contributed by atoms with Crippen molar-refractivity contribution in [3.8, 4) is 0 Å². The van der Waals surface area contributed by atoms with Crippen molar-refractivity contribution in [2.75, 3.05) is 39.3 Å². The van der Waals surface area contributed by atoms with Gasteiger partial charge in [-0.25, -0.2) is 4.79 Å². The van der Waals surface area contributed by atoms with Crippen LogP contribution in [0.25, 0.3) is 10.9 Å². The van der Waals surface area contributed by atoms with E-state index in [-0.39, 0.29) is 30.1 Å². The molecule has 2 saturated heterocycles. The summed E-state index contributed by atoms with van der Waals surface area (Å²) in [6, 6.07) is 10.1. The number of hydrogen-bond acceptors (Lipinski definition) is 5. The van der Waals surface area contributed by atoms with Gasteiger partial charge in [0.2, 0.25) is 0 Å². The summed E-state index contributed by atoms with van der Waals surface area (Å²) in [5.41, 5.74) is 4.60. The number of para-hydroxylation sites is 1. The van der Waals surface area contributed by atoms with Crippen LogP contribution in [0.4, 0.5) is 4.79 Å². The van der Waals surface area contributed by atoms with Gasteiger partial charge in [0.15, 0.2) is 0 Å². The topological polar surface area (TPSA) is 114 Å². The van der Waals surface area contributed by atoms with Crippen LogP contribution in [0.2, 0.25) is 0 Å².